The monoisotopic (exact) mass is 610 g/mol. The molecule has 0 saturated carbocycles. The largest absolute Gasteiger partial charge is 0.348 e. The van der Waals surface area contributed by atoms with E-state index in [1.807, 2.05) is 84.9 Å². The zero-order chi connectivity index (χ0) is 31.6. The van der Waals surface area contributed by atoms with Crippen molar-refractivity contribution in [2.75, 3.05) is 19.6 Å². The highest BCUT2D eigenvalue weighted by Crippen LogP contribution is 2.25. The molecule has 8 heteroatoms. The lowest BCUT2D eigenvalue weighted by molar-refractivity contribution is 0.0494. The number of piperazine rings is 1. The van der Waals surface area contributed by atoms with Crippen molar-refractivity contribution in [1.29, 1.82) is 0 Å². The summed E-state index contributed by atoms with van der Waals surface area (Å²) in [5, 5.41) is 14.1. The normalized spacial score (nSPS) is 16.9. The molecular formula is C38H38N6O2. The number of hydrogen-bond acceptors (Lipinski definition) is 6. The fourth-order valence-electron chi connectivity index (χ4n) is 6.84. The van der Waals surface area contributed by atoms with Gasteiger partial charge in [-0.15, -0.1) is 0 Å². The summed E-state index contributed by atoms with van der Waals surface area (Å²) in [4.78, 5) is 39.8. The van der Waals surface area contributed by atoms with Crippen LogP contribution in [0.15, 0.2) is 97.1 Å². The van der Waals surface area contributed by atoms with Crippen LogP contribution in [0.5, 0.6) is 0 Å². The molecule has 1 fully saturated rings. The third-order valence-corrected chi connectivity index (χ3v) is 9.22. The predicted octanol–water partition coefficient (Wildman–Crippen LogP) is 6.04. The van der Waals surface area contributed by atoms with Gasteiger partial charge in [0.25, 0.3) is 11.8 Å². The van der Waals surface area contributed by atoms with Gasteiger partial charge in [-0.05, 0) is 49.2 Å². The van der Waals surface area contributed by atoms with Gasteiger partial charge in [-0.2, -0.15) is 0 Å². The van der Waals surface area contributed by atoms with Crippen LogP contribution in [0.3, 0.4) is 0 Å². The Labute approximate surface area is 268 Å². The molecule has 0 spiro atoms. The Morgan fingerprint density at radius 3 is 1.85 bits per heavy atom. The number of nitrogens with zero attached hydrogens (tertiary/aromatic N) is 3. The van der Waals surface area contributed by atoms with Gasteiger partial charge in [0.05, 0.1) is 39.4 Å². The predicted molar refractivity (Wildman–Crippen MR) is 185 cm³/mol. The third kappa shape index (κ3) is 5.66. The maximum Gasteiger partial charge on any atom is 0.254 e. The molecule has 1 aliphatic rings. The van der Waals surface area contributed by atoms with Crippen molar-refractivity contribution >= 4 is 55.4 Å². The van der Waals surface area contributed by atoms with Crippen LogP contribution in [0.1, 0.15) is 47.4 Å². The quantitative estimate of drug-likeness (QED) is 0.182. The van der Waals surface area contributed by atoms with Gasteiger partial charge in [0.1, 0.15) is 0 Å². The maximum atomic E-state index is 13.9. The molecule has 1 aliphatic heterocycles. The lowest BCUT2D eigenvalue weighted by Gasteiger charge is -2.44. The lowest BCUT2D eigenvalue weighted by atomic mass is 9.99. The fraction of sp³-hybridized carbons (Fsp3) is 0.263. The molecule has 8 nitrogen and oxygen atoms in total. The molecule has 3 heterocycles. The molecule has 6 aromatic rings. The molecular weight excluding hydrogens is 572 g/mol. The second-order valence-electron chi connectivity index (χ2n) is 12.0. The molecule has 3 atom stereocenters. The number of amides is 2. The van der Waals surface area contributed by atoms with E-state index in [9.17, 15) is 9.59 Å². The average molecular weight is 611 g/mol. The first kappa shape index (κ1) is 29.8. The molecule has 4 aromatic carbocycles. The van der Waals surface area contributed by atoms with E-state index in [4.69, 9.17) is 9.97 Å². The standard InChI is InChI=1S/C38H38N6O2/c1-3-30(42-37(45)28-15-9-13-26-21-24-11-5-7-17-31(24)40-35(26)28)33-23-39-19-20-44(33)34(4-2)43-38(46)29-16-10-14-27-22-25-12-6-8-18-32(25)41-36(27)29/h5-18,21-22,30,33-34,39H,3-4,19-20,23H2,1-2H3,(H,42,45)(H,43,46). The third-order valence-electron chi connectivity index (χ3n) is 9.22. The first-order chi connectivity index (χ1) is 22.5. The number of carbonyl (C=O) groups is 2. The molecule has 3 N–H and O–H groups in total. The van der Waals surface area contributed by atoms with Gasteiger partial charge in [-0.1, -0.05) is 74.5 Å². The summed E-state index contributed by atoms with van der Waals surface area (Å²) >= 11 is 0. The van der Waals surface area contributed by atoms with Gasteiger partial charge in [-0.25, -0.2) is 9.97 Å². The van der Waals surface area contributed by atoms with Crippen LogP contribution in [0.2, 0.25) is 0 Å². The molecule has 232 valence electrons. The van der Waals surface area contributed by atoms with E-state index in [0.29, 0.717) is 35.1 Å². The number of benzene rings is 4. The van der Waals surface area contributed by atoms with Crippen molar-refractivity contribution in [3.63, 3.8) is 0 Å². The van der Waals surface area contributed by atoms with E-state index in [2.05, 4.69) is 46.8 Å². The number of fused-ring (bicyclic) bond motifs is 4. The number of para-hydroxylation sites is 4. The molecule has 2 amide bonds. The second kappa shape index (κ2) is 12.8. The lowest BCUT2D eigenvalue weighted by Crippen LogP contribution is -2.65. The van der Waals surface area contributed by atoms with Crippen molar-refractivity contribution in [2.45, 2.75) is 44.9 Å². The highest BCUT2D eigenvalue weighted by Gasteiger charge is 2.35. The van der Waals surface area contributed by atoms with Crippen molar-refractivity contribution in [1.82, 2.24) is 30.8 Å². The summed E-state index contributed by atoms with van der Waals surface area (Å²) < 4.78 is 0. The Morgan fingerprint density at radius 2 is 1.28 bits per heavy atom. The first-order valence-corrected chi connectivity index (χ1v) is 16.2. The fourth-order valence-corrected chi connectivity index (χ4v) is 6.84. The zero-order valence-electron chi connectivity index (χ0n) is 26.2. The molecule has 2 aromatic heterocycles. The molecule has 46 heavy (non-hydrogen) atoms. The molecule has 3 unspecified atom stereocenters. The van der Waals surface area contributed by atoms with E-state index in [0.717, 1.165) is 52.1 Å². The van der Waals surface area contributed by atoms with Gasteiger partial charge in [0, 0.05) is 53.3 Å². The van der Waals surface area contributed by atoms with Crippen LogP contribution < -0.4 is 16.0 Å². The highest BCUT2D eigenvalue weighted by molar-refractivity contribution is 6.09. The van der Waals surface area contributed by atoms with Gasteiger partial charge < -0.3 is 16.0 Å². The van der Waals surface area contributed by atoms with Crippen molar-refractivity contribution in [3.8, 4) is 0 Å². The highest BCUT2D eigenvalue weighted by atomic mass is 16.2. The van der Waals surface area contributed by atoms with Crippen molar-refractivity contribution in [3.05, 3.63) is 108 Å². The molecule has 1 saturated heterocycles. The van der Waals surface area contributed by atoms with Crippen LogP contribution in [-0.2, 0) is 0 Å². The van der Waals surface area contributed by atoms with E-state index >= 15 is 0 Å². The van der Waals surface area contributed by atoms with E-state index in [-0.39, 0.29) is 30.1 Å². The molecule has 0 bridgehead atoms. The Bertz CT molecular complexity index is 1930. The minimum Gasteiger partial charge on any atom is -0.348 e. The Hall–Kier alpha value is -4.92. The van der Waals surface area contributed by atoms with Crippen molar-refractivity contribution < 1.29 is 9.59 Å². The maximum absolute atomic E-state index is 13.9. The zero-order valence-corrected chi connectivity index (χ0v) is 26.2. The number of rotatable bonds is 8. The summed E-state index contributed by atoms with van der Waals surface area (Å²) in [6, 6.07) is 31.4. The number of aromatic nitrogens is 2. The number of nitrogens with one attached hydrogen (secondary N) is 3. The smallest absolute Gasteiger partial charge is 0.254 e. The summed E-state index contributed by atoms with van der Waals surface area (Å²) in [5.74, 6) is -0.291. The number of carbonyl (C=O) groups excluding carboxylic acids is 2. The van der Waals surface area contributed by atoms with Crippen LogP contribution in [0.25, 0.3) is 43.6 Å². The van der Waals surface area contributed by atoms with E-state index in [1.165, 1.54) is 0 Å². The first-order valence-electron chi connectivity index (χ1n) is 16.2. The van der Waals surface area contributed by atoms with Crippen LogP contribution in [-0.4, -0.2) is 64.6 Å². The van der Waals surface area contributed by atoms with Gasteiger partial charge >= 0.3 is 0 Å². The average Bonchev–Trinajstić information content (AvgIpc) is 3.10. The summed E-state index contributed by atoms with van der Waals surface area (Å²) in [7, 11) is 0. The summed E-state index contributed by atoms with van der Waals surface area (Å²) in [6.45, 7) is 6.43. The summed E-state index contributed by atoms with van der Waals surface area (Å²) in [5.41, 5.74) is 4.24. The Kier molecular flexibility index (Phi) is 8.30. The SMILES string of the molecule is CCC(NC(=O)c1cccc2cc3ccccc3nc12)C1CNCCN1C(CC)NC(=O)c1cccc2cc3ccccc3nc12. The van der Waals surface area contributed by atoms with Gasteiger partial charge in [-0.3, -0.25) is 14.5 Å². The minimum absolute atomic E-state index is 0.0219. The topological polar surface area (TPSA) is 99.3 Å². The molecule has 7 rings (SSSR count). The van der Waals surface area contributed by atoms with E-state index in [1.54, 1.807) is 0 Å². The number of hydrogen-bond donors (Lipinski definition) is 3. The van der Waals surface area contributed by atoms with Crippen LogP contribution >= 0.6 is 0 Å². The Balaban J connectivity index is 1.14. The van der Waals surface area contributed by atoms with Gasteiger partial charge in [0.15, 0.2) is 0 Å². The Morgan fingerprint density at radius 1 is 0.739 bits per heavy atom. The van der Waals surface area contributed by atoms with E-state index < -0.39 is 0 Å². The van der Waals surface area contributed by atoms with Gasteiger partial charge in [0.2, 0.25) is 0 Å². The van der Waals surface area contributed by atoms with Crippen LogP contribution in [0, 0.1) is 0 Å². The molecule has 0 radical (unpaired) electrons. The van der Waals surface area contributed by atoms with Crippen LogP contribution in [0.4, 0.5) is 0 Å². The molecule has 0 aliphatic carbocycles. The second-order valence-corrected chi connectivity index (χ2v) is 12.0. The minimum atomic E-state index is -0.216. The number of pyridine rings is 2. The van der Waals surface area contributed by atoms with Crippen molar-refractivity contribution in [2.24, 2.45) is 0 Å². The summed E-state index contributed by atoms with van der Waals surface area (Å²) in [6.07, 6.45) is 1.24.